The summed E-state index contributed by atoms with van der Waals surface area (Å²) in [5.74, 6) is 1.86. The quantitative estimate of drug-likeness (QED) is 0.813. The van der Waals surface area contributed by atoms with Crippen LogP contribution in [0.3, 0.4) is 0 Å². The molecule has 2 rings (SSSR count). The highest BCUT2D eigenvalue weighted by Crippen LogP contribution is 2.37. The van der Waals surface area contributed by atoms with Crippen LogP contribution in [0.15, 0.2) is 24.4 Å². The normalized spacial score (nSPS) is 21.7. The molecule has 1 fully saturated rings. The van der Waals surface area contributed by atoms with E-state index in [0.717, 1.165) is 5.56 Å². The molecule has 0 radical (unpaired) electrons. The zero-order valence-electron chi connectivity index (χ0n) is 11.3. The van der Waals surface area contributed by atoms with E-state index in [-0.39, 0.29) is 18.3 Å². The summed E-state index contributed by atoms with van der Waals surface area (Å²) in [6.07, 6.45) is 5.27. The Morgan fingerprint density at radius 1 is 1.22 bits per heavy atom. The summed E-state index contributed by atoms with van der Waals surface area (Å²) in [5.41, 5.74) is 6.77. The van der Waals surface area contributed by atoms with Crippen molar-refractivity contribution >= 4 is 18.9 Å². The van der Waals surface area contributed by atoms with Crippen molar-refractivity contribution in [3.05, 3.63) is 30.0 Å². The second-order valence-corrected chi connectivity index (χ2v) is 5.49. The number of hydrogen-bond acceptors (Lipinski definition) is 4. The van der Waals surface area contributed by atoms with Gasteiger partial charge in [-0.25, -0.2) is 0 Å². The maximum atomic E-state index is 5.86. The molecule has 96 valence electrons. The van der Waals surface area contributed by atoms with Crippen molar-refractivity contribution in [1.29, 1.82) is 0 Å². The number of nitrogen functional groups attached to an aromatic ring is 1. The van der Waals surface area contributed by atoms with Crippen LogP contribution in [0.2, 0.25) is 0 Å². The van der Waals surface area contributed by atoms with Crippen LogP contribution in [0.5, 0.6) is 0 Å². The Bertz CT molecular complexity index is 456. The smallest absolute Gasteiger partial charge is 0.400 e. The third kappa shape index (κ3) is 2.42. The molecule has 0 aromatic carbocycles. The van der Waals surface area contributed by atoms with Crippen molar-refractivity contribution in [3.63, 3.8) is 0 Å². The van der Waals surface area contributed by atoms with Gasteiger partial charge in [0.2, 0.25) is 0 Å². The van der Waals surface area contributed by atoms with Gasteiger partial charge in [0.25, 0.3) is 0 Å². The summed E-state index contributed by atoms with van der Waals surface area (Å²) in [6.45, 7) is 8.11. The minimum atomic E-state index is -0.352. The molecule has 1 aromatic heterocycles. The molecule has 18 heavy (non-hydrogen) atoms. The summed E-state index contributed by atoms with van der Waals surface area (Å²) in [4.78, 5) is 4.04. The van der Waals surface area contributed by atoms with Crippen molar-refractivity contribution in [2.45, 2.75) is 38.9 Å². The summed E-state index contributed by atoms with van der Waals surface area (Å²) in [6, 6.07) is 1.77. The van der Waals surface area contributed by atoms with E-state index >= 15 is 0 Å². The lowest BCUT2D eigenvalue weighted by molar-refractivity contribution is 0.00578. The van der Waals surface area contributed by atoms with Crippen LogP contribution in [0.25, 0.3) is 6.08 Å². The SMILES string of the molecule is CC1(C)OB(/C=C/c2cnccc2N)OC1(C)C. The van der Waals surface area contributed by atoms with E-state index in [1.165, 1.54) is 0 Å². The van der Waals surface area contributed by atoms with Gasteiger partial charge in [0.15, 0.2) is 0 Å². The van der Waals surface area contributed by atoms with E-state index in [9.17, 15) is 0 Å². The Labute approximate surface area is 108 Å². The van der Waals surface area contributed by atoms with Gasteiger partial charge in [0.1, 0.15) is 0 Å². The number of hydrogen-bond donors (Lipinski definition) is 1. The number of anilines is 1. The Morgan fingerprint density at radius 2 is 1.83 bits per heavy atom. The molecule has 0 aliphatic carbocycles. The molecule has 1 aliphatic heterocycles. The zero-order valence-corrected chi connectivity index (χ0v) is 11.3. The molecule has 0 unspecified atom stereocenters. The first-order chi connectivity index (χ1) is 8.32. The second kappa shape index (κ2) is 4.41. The maximum Gasteiger partial charge on any atom is 0.487 e. The topological polar surface area (TPSA) is 57.4 Å². The van der Waals surface area contributed by atoms with Gasteiger partial charge >= 0.3 is 7.12 Å². The molecule has 2 heterocycles. The number of aromatic nitrogens is 1. The molecule has 1 aromatic rings. The van der Waals surface area contributed by atoms with Crippen molar-refractivity contribution in [2.24, 2.45) is 0 Å². The van der Waals surface area contributed by atoms with Gasteiger partial charge in [-0.3, -0.25) is 4.98 Å². The third-order valence-corrected chi connectivity index (χ3v) is 3.59. The Morgan fingerprint density at radius 3 is 2.39 bits per heavy atom. The van der Waals surface area contributed by atoms with Gasteiger partial charge in [-0.15, -0.1) is 0 Å². The van der Waals surface area contributed by atoms with E-state index < -0.39 is 0 Å². The van der Waals surface area contributed by atoms with Gasteiger partial charge in [0.05, 0.1) is 11.2 Å². The lowest BCUT2D eigenvalue weighted by Gasteiger charge is -2.32. The van der Waals surface area contributed by atoms with Gasteiger partial charge in [-0.2, -0.15) is 0 Å². The first-order valence-corrected chi connectivity index (χ1v) is 6.05. The zero-order chi connectivity index (χ0) is 13.4. The van der Waals surface area contributed by atoms with E-state index in [0.29, 0.717) is 5.69 Å². The summed E-state index contributed by atoms with van der Waals surface area (Å²) in [5, 5.41) is 0. The van der Waals surface area contributed by atoms with Crippen LogP contribution in [0.4, 0.5) is 5.69 Å². The minimum Gasteiger partial charge on any atom is -0.400 e. The van der Waals surface area contributed by atoms with Crippen molar-refractivity contribution in [1.82, 2.24) is 4.98 Å². The van der Waals surface area contributed by atoms with Crippen LogP contribution >= 0.6 is 0 Å². The number of rotatable bonds is 2. The number of nitrogens with two attached hydrogens (primary N) is 1. The molecule has 4 nitrogen and oxygen atoms in total. The largest absolute Gasteiger partial charge is 0.487 e. The standard InChI is InChI=1S/C13H19BN2O2/c1-12(2)13(3,4)18-14(17-12)7-5-10-9-16-8-6-11(10)15/h5-9H,1-4H3,(H2,15,16)/b7-5+. The predicted octanol–water partition coefficient (Wildman–Crippen LogP) is 2.31. The third-order valence-electron chi connectivity index (χ3n) is 3.59. The summed E-state index contributed by atoms with van der Waals surface area (Å²) in [7, 11) is -0.352. The van der Waals surface area contributed by atoms with E-state index in [2.05, 4.69) is 4.98 Å². The van der Waals surface area contributed by atoms with E-state index in [1.54, 1.807) is 18.5 Å². The Kier molecular flexibility index (Phi) is 3.21. The number of nitrogens with zero attached hydrogens (tertiary/aromatic N) is 1. The molecular weight excluding hydrogens is 227 g/mol. The van der Waals surface area contributed by atoms with Crippen LogP contribution in [0, 0.1) is 0 Å². The minimum absolute atomic E-state index is 0.317. The van der Waals surface area contributed by atoms with Crippen LogP contribution in [-0.2, 0) is 9.31 Å². The van der Waals surface area contributed by atoms with Gasteiger partial charge in [-0.1, -0.05) is 12.1 Å². The maximum absolute atomic E-state index is 5.86. The lowest BCUT2D eigenvalue weighted by atomic mass is 9.89. The highest BCUT2D eigenvalue weighted by Gasteiger charge is 2.49. The lowest BCUT2D eigenvalue weighted by Crippen LogP contribution is -2.41. The van der Waals surface area contributed by atoms with Gasteiger partial charge in [0, 0.05) is 23.6 Å². The molecule has 1 saturated heterocycles. The summed E-state index contributed by atoms with van der Waals surface area (Å²) < 4.78 is 11.7. The molecule has 0 saturated carbocycles. The average molecular weight is 246 g/mol. The molecule has 0 amide bonds. The van der Waals surface area contributed by atoms with Crippen molar-refractivity contribution in [3.8, 4) is 0 Å². The first-order valence-electron chi connectivity index (χ1n) is 6.05. The molecule has 0 bridgehead atoms. The molecule has 0 atom stereocenters. The fraction of sp³-hybridized carbons (Fsp3) is 0.462. The van der Waals surface area contributed by atoms with Gasteiger partial charge < -0.3 is 15.0 Å². The highest BCUT2D eigenvalue weighted by molar-refractivity contribution is 6.52. The molecule has 1 aliphatic rings. The first kappa shape index (κ1) is 13.1. The van der Waals surface area contributed by atoms with Crippen molar-refractivity contribution < 1.29 is 9.31 Å². The van der Waals surface area contributed by atoms with Crippen molar-refractivity contribution in [2.75, 3.05) is 5.73 Å². The Balaban J connectivity index is 2.11. The molecule has 2 N–H and O–H groups in total. The Hall–Kier alpha value is -1.33. The van der Waals surface area contributed by atoms with Crippen LogP contribution < -0.4 is 5.73 Å². The average Bonchev–Trinajstić information content (AvgIpc) is 2.46. The molecule has 5 heteroatoms. The monoisotopic (exact) mass is 246 g/mol. The van der Waals surface area contributed by atoms with Crippen LogP contribution in [-0.4, -0.2) is 23.3 Å². The second-order valence-electron chi connectivity index (χ2n) is 5.49. The molecular formula is C13H19BN2O2. The number of pyridine rings is 1. The fourth-order valence-corrected chi connectivity index (χ4v) is 1.71. The van der Waals surface area contributed by atoms with E-state index in [4.69, 9.17) is 15.0 Å². The fourth-order valence-electron chi connectivity index (χ4n) is 1.71. The molecule has 0 spiro atoms. The highest BCUT2D eigenvalue weighted by atomic mass is 16.7. The predicted molar refractivity (Wildman–Crippen MR) is 73.8 cm³/mol. The van der Waals surface area contributed by atoms with E-state index in [1.807, 2.05) is 39.7 Å². The summed E-state index contributed by atoms with van der Waals surface area (Å²) >= 11 is 0. The van der Waals surface area contributed by atoms with Crippen LogP contribution in [0.1, 0.15) is 33.3 Å². The van der Waals surface area contributed by atoms with Gasteiger partial charge in [-0.05, 0) is 33.8 Å².